The summed E-state index contributed by atoms with van der Waals surface area (Å²) in [5.41, 5.74) is -0.748. The zero-order valence-electron chi connectivity index (χ0n) is 13.9. The summed E-state index contributed by atoms with van der Waals surface area (Å²) in [6, 6.07) is 9.93. The highest BCUT2D eigenvalue weighted by molar-refractivity contribution is 6.69. The molecule has 3 fully saturated rings. The number of benzene rings is 1. The second kappa shape index (κ2) is 5.60. The molecule has 1 aliphatic carbocycles. The van der Waals surface area contributed by atoms with E-state index in [0.29, 0.717) is 26.1 Å². The Labute approximate surface area is 136 Å². The van der Waals surface area contributed by atoms with E-state index in [4.69, 9.17) is 4.43 Å². The molecule has 0 spiro atoms. The minimum atomic E-state index is -4.28. The third kappa shape index (κ3) is 3.08. The summed E-state index contributed by atoms with van der Waals surface area (Å²) in [6.45, 7) is 7.18. The topological polar surface area (TPSA) is 12.5 Å². The molecule has 6 heteroatoms. The van der Waals surface area contributed by atoms with Crippen molar-refractivity contribution in [3.05, 3.63) is 35.9 Å². The van der Waals surface area contributed by atoms with Crippen molar-refractivity contribution in [3.63, 3.8) is 0 Å². The van der Waals surface area contributed by atoms with E-state index in [1.807, 2.05) is 50.0 Å². The summed E-state index contributed by atoms with van der Waals surface area (Å²) < 4.78 is 47.3. The standard InChI is InChI=1S/C17H24F3NOSi/c1-23(2,3)22-16(17(18,19)20)14-9-15(16)12-21(11-14)10-13-7-5-4-6-8-13/h4-8,14-15H,9-12H2,1-3H3/t14-,15+,16?. The molecule has 23 heavy (non-hydrogen) atoms. The second-order valence-corrected chi connectivity index (χ2v) is 12.2. The molecule has 2 nitrogen and oxygen atoms in total. The van der Waals surface area contributed by atoms with E-state index in [1.165, 1.54) is 0 Å². The fourth-order valence-corrected chi connectivity index (χ4v) is 5.61. The van der Waals surface area contributed by atoms with Crippen LogP contribution in [0.2, 0.25) is 19.6 Å². The predicted molar refractivity (Wildman–Crippen MR) is 86.5 cm³/mol. The van der Waals surface area contributed by atoms with Crippen LogP contribution in [0.3, 0.4) is 0 Å². The maximum atomic E-state index is 13.8. The van der Waals surface area contributed by atoms with Crippen LogP contribution >= 0.6 is 0 Å². The molecule has 1 aromatic carbocycles. The molecule has 0 aromatic heterocycles. The maximum Gasteiger partial charge on any atom is 0.416 e. The first-order chi connectivity index (χ1) is 10.6. The molecule has 2 aliphatic heterocycles. The highest BCUT2D eigenvalue weighted by Crippen LogP contribution is 2.59. The van der Waals surface area contributed by atoms with E-state index < -0.39 is 31.9 Å². The first-order valence-corrected chi connectivity index (χ1v) is 11.6. The highest BCUT2D eigenvalue weighted by atomic mass is 28.4. The Morgan fingerprint density at radius 3 is 2.17 bits per heavy atom. The van der Waals surface area contributed by atoms with E-state index in [9.17, 15) is 13.2 Å². The lowest BCUT2D eigenvalue weighted by atomic mass is 9.57. The molecular weight excluding hydrogens is 319 g/mol. The number of alkyl halides is 3. The van der Waals surface area contributed by atoms with Crippen LogP contribution in [-0.4, -0.2) is 38.1 Å². The first kappa shape index (κ1) is 17.0. The molecule has 1 unspecified atom stereocenters. The van der Waals surface area contributed by atoms with Crippen molar-refractivity contribution in [2.24, 2.45) is 11.8 Å². The van der Waals surface area contributed by atoms with Crippen molar-refractivity contribution in [1.29, 1.82) is 0 Å². The van der Waals surface area contributed by atoms with Gasteiger partial charge in [-0.2, -0.15) is 13.2 Å². The quantitative estimate of drug-likeness (QED) is 0.756. The Morgan fingerprint density at radius 2 is 1.70 bits per heavy atom. The zero-order valence-corrected chi connectivity index (χ0v) is 14.9. The molecule has 2 saturated heterocycles. The van der Waals surface area contributed by atoms with Gasteiger partial charge in [-0.25, -0.2) is 0 Å². The summed E-state index contributed by atoms with van der Waals surface area (Å²) >= 11 is 0. The van der Waals surface area contributed by atoms with Crippen molar-refractivity contribution in [2.75, 3.05) is 13.1 Å². The van der Waals surface area contributed by atoms with Gasteiger partial charge in [-0.1, -0.05) is 30.3 Å². The molecule has 128 valence electrons. The molecule has 0 radical (unpaired) electrons. The Morgan fingerprint density at radius 1 is 1.13 bits per heavy atom. The van der Waals surface area contributed by atoms with Crippen molar-refractivity contribution >= 4 is 8.32 Å². The molecule has 1 aromatic rings. The normalized spacial score (nSPS) is 31.7. The summed E-state index contributed by atoms with van der Waals surface area (Å²) in [6.07, 6.45) is -3.64. The van der Waals surface area contributed by atoms with E-state index in [-0.39, 0.29) is 0 Å². The first-order valence-electron chi connectivity index (χ1n) is 8.15. The van der Waals surface area contributed by atoms with Gasteiger partial charge in [0.05, 0.1) is 0 Å². The molecular formula is C17H24F3NOSi. The van der Waals surface area contributed by atoms with Crippen LogP contribution in [0.15, 0.2) is 30.3 Å². The lowest BCUT2D eigenvalue weighted by Gasteiger charge is -2.63. The summed E-state index contributed by atoms with van der Waals surface area (Å²) in [7, 11) is -2.27. The molecule has 3 aliphatic rings. The van der Waals surface area contributed by atoms with Crippen LogP contribution in [0.1, 0.15) is 12.0 Å². The van der Waals surface area contributed by atoms with Gasteiger partial charge in [-0.3, -0.25) is 4.90 Å². The summed E-state index contributed by atoms with van der Waals surface area (Å²) in [5, 5.41) is 0. The van der Waals surface area contributed by atoms with E-state index in [0.717, 1.165) is 5.56 Å². The molecule has 2 bridgehead atoms. The van der Waals surface area contributed by atoms with Crippen LogP contribution in [0.4, 0.5) is 13.2 Å². The fourth-order valence-electron chi connectivity index (χ4n) is 4.15. The SMILES string of the molecule is C[Si](C)(C)OC1(C(F)(F)F)[C@@H]2C[C@H]1CN(Cc1ccccc1)C2. The lowest BCUT2D eigenvalue weighted by molar-refractivity contribution is -0.343. The minimum Gasteiger partial charge on any atom is -0.403 e. The minimum absolute atomic E-state index is 0.434. The van der Waals surface area contributed by atoms with Gasteiger partial charge >= 0.3 is 6.18 Å². The predicted octanol–water partition coefficient (Wildman–Crippen LogP) is 4.29. The lowest BCUT2D eigenvalue weighted by Crippen LogP contribution is -2.75. The number of hydrogen-bond acceptors (Lipinski definition) is 2. The van der Waals surface area contributed by atoms with Gasteiger partial charge < -0.3 is 4.43 Å². The third-order valence-electron chi connectivity index (χ3n) is 4.91. The summed E-state index contributed by atoms with van der Waals surface area (Å²) in [5.74, 6) is -0.867. The summed E-state index contributed by atoms with van der Waals surface area (Å²) in [4.78, 5) is 2.14. The Balaban J connectivity index is 1.75. The third-order valence-corrected chi connectivity index (χ3v) is 5.86. The van der Waals surface area contributed by atoms with Crippen LogP contribution in [0, 0.1) is 11.8 Å². The van der Waals surface area contributed by atoms with Gasteiger partial charge in [0.15, 0.2) is 13.9 Å². The number of rotatable bonds is 4. The van der Waals surface area contributed by atoms with Crippen LogP contribution in [0.25, 0.3) is 0 Å². The van der Waals surface area contributed by atoms with Crippen LogP contribution in [0.5, 0.6) is 0 Å². The number of halogens is 3. The molecule has 2 heterocycles. The monoisotopic (exact) mass is 343 g/mol. The average Bonchev–Trinajstić information content (AvgIpc) is 2.43. The van der Waals surface area contributed by atoms with Gasteiger partial charge in [0.25, 0.3) is 0 Å². The molecule has 3 atom stereocenters. The number of fused-ring (bicyclic) bond motifs is 2. The van der Waals surface area contributed by atoms with Gasteiger partial charge in [-0.05, 0) is 31.6 Å². The number of nitrogens with zero attached hydrogens (tertiary/aromatic N) is 1. The van der Waals surface area contributed by atoms with Crippen LogP contribution in [-0.2, 0) is 11.0 Å². The molecule has 0 N–H and O–H groups in total. The van der Waals surface area contributed by atoms with Crippen molar-refractivity contribution < 1.29 is 17.6 Å². The Bertz CT molecular complexity index is 543. The smallest absolute Gasteiger partial charge is 0.403 e. The van der Waals surface area contributed by atoms with Gasteiger partial charge in [-0.15, -0.1) is 0 Å². The largest absolute Gasteiger partial charge is 0.416 e. The zero-order chi connectivity index (χ0) is 16.9. The number of hydrogen-bond donors (Lipinski definition) is 0. The van der Waals surface area contributed by atoms with Gasteiger partial charge in [0, 0.05) is 31.5 Å². The molecule has 0 amide bonds. The fraction of sp³-hybridized carbons (Fsp3) is 0.647. The Hall–Kier alpha value is -0.853. The van der Waals surface area contributed by atoms with Crippen molar-refractivity contribution in [3.8, 4) is 0 Å². The molecule has 4 rings (SSSR count). The van der Waals surface area contributed by atoms with Crippen LogP contribution < -0.4 is 0 Å². The number of piperidine rings is 2. The highest BCUT2D eigenvalue weighted by Gasteiger charge is 2.73. The van der Waals surface area contributed by atoms with Crippen molar-refractivity contribution in [2.45, 2.75) is 44.4 Å². The van der Waals surface area contributed by atoms with E-state index in [2.05, 4.69) is 4.90 Å². The molecule has 1 saturated carbocycles. The maximum absolute atomic E-state index is 13.8. The van der Waals surface area contributed by atoms with E-state index in [1.54, 1.807) is 0 Å². The Kier molecular flexibility index (Phi) is 4.14. The van der Waals surface area contributed by atoms with Crippen molar-refractivity contribution in [1.82, 2.24) is 4.90 Å². The second-order valence-electron chi connectivity index (χ2n) is 7.81. The average molecular weight is 343 g/mol. The van der Waals surface area contributed by atoms with E-state index >= 15 is 0 Å². The van der Waals surface area contributed by atoms with Gasteiger partial charge in [0.2, 0.25) is 0 Å². The van der Waals surface area contributed by atoms with Gasteiger partial charge in [0.1, 0.15) is 0 Å².